The SMILES string of the molecule is CNC(CCc1ccccc1)C1CN(C)CCN1C. The summed E-state index contributed by atoms with van der Waals surface area (Å²) in [5.74, 6) is 0. The summed E-state index contributed by atoms with van der Waals surface area (Å²) >= 11 is 0. The van der Waals surface area contributed by atoms with Crippen LogP contribution in [0, 0.1) is 0 Å². The lowest BCUT2D eigenvalue weighted by molar-refractivity contribution is 0.0875. The highest BCUT2D eigenvalue weighted by Gasteiger charge is 2.28. The highest BCUT2D eigenvalue weighted by Crippen LogP contribution is 2.14. The fourth-order valence-corrected chi connectivity index (χ4v) is 2.97. The van der Waals surface area contributed by atoms with Crippen molar-refractivity contribution in [2.45, 2.75) is 24.9 Å². The van der Waals surface area contributed by atoms with Crippen molar-refractivity contribution in [2.75, 3.05) is 40.8 Å². The molecule has 1 aliphatic heterocycles. The normalized spacial score (nSPS) is 23.4. The number of benzene rings is 1. The fourth-order valence-electron chi connectivity index (χ4n) is 2.97. The van der Waals surface area contributed by atoms with Gasteiger partial charge >= 0.3 is 0 Å². The molecule has 2 unspecified atom stereocenters. The van der Waals surface area contributed by atoms with Gasteiger partial charge in [0, 0.05) is 31.7 Å². The number of hydrogen-bond acceptors (Lipinski definition) is 3. The third-order valence-electron chi connectivity index (χ3n) is 4.32. The lowest BCUT2D eigenvalue weighted by Gasteiger charge is -2.42. The van der Waals surface area contributed by atoms with Crippen LogP contribution in [-0.4, -0.2) is 62.7 Å². The van der Waals surface area contributed by atoms with Crippen molar-refractivity contribution < 1.29 is 0 Å². The highest BCUT2D eigenvalue weighted by molar-refractivity contribution is 5.15. The van der Waals surface area contributed by atoms with Gasteiger partial charge in [0.25, 0.3) is 0 Å². The molecule has 2 atom stereocenters. The number of piperazine rings is 1. The quantitative estimate of drug-likeness (QED) is 0.865. The summed E-state index contributed by atoms with van der Waals surface area (Å²) in [6.07, 6.45) is 2.35. The summed E-state index contributed by atoms with van der Waals surface area (Å²) in [5.41, 5.74) is 1.44. The van der Waals surface area contributed by atoms with E-state index in [2.05, 4.69) is 66.6 Å². The molecule has 1 fully saturated rings. The number of hydrogen-bond donors (Lipinski definition) is 1. The zero-order chi connectivity index (χ0) is 13.7. The molecule has 0 amide bonds. The predicted octanol–water partition coefficient (Wildman–Crippen LogP) is 1.45. The molecule has 0 aliphatic carbocycles. The van der Waals surface area contributed by atoms with Gasteiger partial charge in [0.2, 0.25) is 0 Å². The largest absolute Gasteiger partial charge is 0.315 e. The van der Waals surface area contributed by atoms with Crippen LogP contribution in [0.1, 0.15) is 12.0 Å². The molecule has 1 aromatic rings. The second-order valence-corrected chi connectivity index (χ2v) is 5.73. The van der Waals surface area contributed by atoms with Gasteiger partial charge in [-0.2, -0.15) is 0 Å². The zero-order valence-electron chi connectivity index (χ0n) is 12.5. The Labute approximate surface area is 117 Å². The summed E-state index contributed by atoms with van der Waals surface area (Å²) in [7, 11) is 6.58. The van der Waals surface area contributed by atoms with Gasteiger partial charge in [0.1, 0.15) is 0 Å². The van der Waals surface area contributed by atoms with E-state index < -0.39 is 0 Å². The number of nitrogens with zero attached hydrogens (tertiary/aromatic N) is 2. The first kappa shape index (κ1) is 14.5. The minimum Gasteiger partial charge on any atom is -0.315 e. The van der Waals surface area contributed by atoms with Gasteiger partial charge in [-0.05, 0) is 39.5 Å². The molecular weight excluding hydrogens is 234 g/mol. The van der Waals surface area contributed by atoms with Gasteiger partial charge in [-0.25, -0.2) is 0 Å². The van der Waals surface area contributed by atoms with Crippen LogP contribution in [0.4, 0.5) is 0 Å². The monoisotopic (exact) mass is 261 g/mol. The van der Waals surface area contributed by atoms with Gasteiger partial charge in [-0.1, -0.05) is 30.3 Å². The number of rotatable bonds is 5. The fraction of sp³-hybridized carbons (Fsp3) is 0.625. The number of likely N-dealkylation sites (N-methyl/N-ethyl adjacent to an activating group) is 3. The molecule has 1 saturated heterocycles. The van der Waals surface area contributed by atoms with E-state index in [0.717, 1.165) is 13.0 Å². The van der Waals surface area contributed by atoms with Crippen LogP contribution in [-0.2, 0) is 6.42 Å². The molecule has 1 aliphatic rings. The van der Waals surface area contributed by atoms with Crippen LogP contribution < -0.4 is 5.32 Å². The molecular formula is C16H27N3. The zero-order valence-corrected chi connectivity index (χ0v) is 12.5. The highest BCUT2D eigenvalue weighted by atomic mass is 15.3. The standard InChI is InChI=1S/C16H27N3/c1-17-15(10-9-14-7-5-4-6-8-14)16-13-18(2)11-12-19(16)3/h4-8,15-17H,9-13H2,1-3H3. The molecule has 0 saturated carbocycles. The average Bonchev–Trinajstić information content (AvgIpc) is 2.44. The first-order valence-corrected chi connectivity index (χ1v) is 7.30. The van der Waals surface area contributed by atoms with Crippen LogP contribution in [0.15, 0.2) is 30.3 Å². The first-order chi connectivity index (χ1) is 9.20. The Morgan fingerprint density at radius 1 is 1.21 bits per heavy atom. The number of aryl methyl sites for hydroxylation is 1. The molecule has 1 aromatic carbocycles. The van der Waals surface area contributed by atoms with Crippen LogP contribution in [0.3, 0.4) is 0 Å². The maximum atomic E-state index is 3.52. The van der Waals surface area contributed by atoms with E-state index in [1.165, 1.54) is 25.1 Å². The third kappa shape index (κ3) is 4.03. The van der Waals surface area contributed by atoms with Crippen molar-refractivity contribution in [3.8, 4) is 0 Å². The Balaban J connectivity index is 1.92. The van der Waals surface area contributed by atoms with Crippen LogP contribution in [0.2, 0.25) is 0 Å². The summed E-state index contributed by atoms with van der Waals surface area (Å²) in [6.45, 7) is 3.52. The minimum absolute atomic E-state index is 0.563. The van der Waals surface area contributed by atoms with E-state index in [9.17, 15) is 0 Å². The lowest BCUT2D eigenvalue weighted by atomic mass is 9.97. The number of nitrogens with one attached hydrogen (secondary N) is 1. The van der Waals surface area contributed by atoms with Crippen molar-refractivity contribution in [1.82, 2.24) is 15.1 Å². The summed E-state index contributed by atoms with van der Waals surface area (Å²) in [5, 5.41) is 3.52. The van der Waals surface area contributed by atoms with E-state index in [-0.39, 0.29) is 0 Å². The maximum Gasteiger partial charge on any atom is 0.0373 e. The Morgan fingerprint density at radius 3 is 2.63 bits per heavy atom. The molecule has 2 rings (SSSR count). The first-order valence-electron chi connectivity index (χ1n) is 7.30. The van der Waals surface area contributed by atoms with E-state index in [4.69, 9.17) is 0 Å². The molecule has 19 heavy (non-hydrogen) atoms. The Hall–Kier alpha value is -0.900. The molecule has 1 N–H and O–H groups in total. The average molecular weight is 261 g/mol. The molecule has 0 aromatic heterocycles. The van der Waals surface area contributed by atoms with Gasteiger partial charge < -0.3 is 10.2 Å². The van der Waals surface area contributed by atoms with Gasteiger partial charge in [0.15, 0.2) is 0 Å². The Kier molecular flexibility index (Phi) is 5.37. The topological polar surface area (TPSA) is 18.5 Å². The van der Waals surface area contributed by atoms with Crippen molar-refractivity contribution in [3.63, 3.8) is 0 Å². The van der Waals surface area contributed by atoms with E-state index in [0.29, 0.717) is 12.1 Å². The summed E-state index contributed by atoms with van der Waals surface area (Å²) < 4.78 is 0. The van der Waals surface area contributed by atoms with Crippen molar-refractivity contribution in [3.05, 3.63) is 35.9 Å². The van der Waals surface area contributed by atoms with Crippen molar-refractivity contribution in [1.29, 1.82) is 0 Å². The van der Waals surface area contributed by atoms with Gasteiger partial charge in [0.05, 0.1) is 0 Å². The molecule has 106 valence electrons. The Bertz CT molecular complexity index is 366. The van der Waals surface area contributed by atoms with Gasteiger partial charge in [-0.15, -0.1) is 0 Å². The molecule has 0 bridgehead atoms. The van der Waals surface area contributed by atoms with Crippen LogP contribution >= 0.6 is 0 Å². The molecule has 1 heterocycles. The van der Waals surface area contributed by atoms with Crippen LogP contribution in [0.5, 0.6) is 0 Å². The predicted molar refractivity (Wildman–Crippen MR) is 81.5 cm³/mol. The van der Waals surface area contributed by atoms with Gasteiger partial charge in [-0.3, -0.25) is 4.90 Å². The van der Waals surface area contributed by atoms with E-state index in [1.54, 1.807) is 0 Å². The molecule has 3 nitrogen and oxygen atoms in total. The smallest absolute Gasteiger partial charge is 0.0373 e. The van der Waals surface area contributed by atoms with E-state index in [1.807, 2.05) is 0 Å². The molecule has 0 spiro atoms. The third-order valence-corrected chi connectivity index (χ3v) is 4.32. The van der Waals surface area contributed by atoms with Crippen molar-refractivity contribution >= 4 is 0 Å². The van der Waals surface area contributed by atoms with E-state index >= 15 is 0 Å². The summed E-state index contributed by atoms with van der Waals surface area (Å²) in [4.78, 5) is 4.95. The lowest BCUT2D eigenvalue weighted by Crippen LogP contribution is -2.58. The van der Waals surface area contributed by atoms with Crippen LogP contribution in [0.25, 0.3) is 0 Å². The molecule has 0 radical (unpaired) electrons. The van der Waals surface area contributed by atoms with Crippen molar-refractivity contribution in [2.24, 2.45) is 0 Å². The second-order valence-electron chi connectivity index (χ2n) is 5.73. The maximum absolute atomic E-state index is 3.52. The molecule has 3 heteroatoms. The minimum atomic E-state index is 0.563. The Morgan fingerprint density at radius 2 is 1.95 bits per heavy atom. The summed E-state index contributed by atoms with van der Waals surface area (Å²) in [6, 6.07) is 12.0. The second kappa shape index (κ2) is 7.04.